The van der Waals surface area contributed by atoms with E-state index in [1.807, 2.05) is 0 Å². The van der Waals surface area contributed by atoms with Crippen LogP contribution in [-0.4, -0.2) is 12.2 Å². The van der Waals surface area contributed by atoms with Crippen molar-refractivity contribution in [3.63, 3.8) is 0 Å². The van der Waals surface area contributed by atoms with Gasteiger partial charge in [-0.3, -0.25) is 0 Å². The quantitative estimate of drug-likeness (QED) is 0.0717. The van der Waals surface area contributed by atoms with Crippen molar-refractivity contribution in [1.82, 2.24) is 0 Å². The molecular weight excluding hydrogens is 424 g/mol. The van der Waals surface area contributed by atoms with Gasteiger partial charge in [0.15, 0.2) is 0 Å². The maximum atomic E-state index is 5.92. The zero-order valence-electron chi connectivity index (χ0n) is 24.8. The molecule has 0 amide bonds. The van der Waals surface area contributed by atoms with Crippen LogP contribution in [0.2, 0.25) is 0 Å². The number of hydrogen-bond donors (Lipinski definition) is 0. The zero-order chi connectivity index (χ0) is 25.1. The predicted octanol–water partition coefficient (Wildman–Crippen LogP) is 12.5. The molecule has 1 unspecified atom stereocenters. The average Bonchev–Trinajstić information content (AvgIpc) is 3.64. The minimum atomic E-state index is 0.328. The van der Waals surface area contributed by atoms with Gasteiger partial charge < -0.3 is 4.74 Å². The maximum absolute atomic E-state index is 5.92. The Labute approximate surface area is 223 Å². The fourth-order valence-electron chi connectivity index (χ4n) is 5.80. The standard InChI is InChI=1S/C34H68O/c1-3-5-7-9-11-13-15-17-18-20-22-24-26-28-30-32-34(33-35-34)31-29-27-25-23-21-19-16-14-12-10-8-6-4-2/h3-33H2,1-2H3. The van der Waals surface area contributed by atoms with E-state index in [0.29, 0.717) is 5.60 Å². The first kappa shape index (κ1) is 33.0. The van der Waals surface area contributed by atoms with Crippen molar-refractivity contribution in [2.75, 3.05) is 6.61 Å². The van der Waals surface area contributed by atoms with Gasteiger partial charge in [-0.05, 0) is 12.8 Å². The minimum absolute atomic E-state index is 0.328. The van der Waals surface area contributed by atoms with Gasteiger partial charge in [-0.1, -0.05) is 194 Å². The third-order valence-corrected chi connectivity index (χ3v) is 8.52. The van der Waals surface area contributed by atoms with Crippen LogP contribution in [0.3, 0.4) is 0 Å². The van der Waals surface area contributed by atoms with Crippen molar-refractivity contribution in [2.24, 2.45) is 0 Å². The van der Waals surface area contributed by atoms with Gasteiger partial charge >= 0.3 is 0 Å². The van der Waals surface area contributed by atoms with Crippen molar-refractivity contribution in [3.05, 3.63) is 0 Å². The molecule has 0 N–H and O–H groups in total. The largest absolute Gasteiger partial charge is 0.370 e. The van der Waals surface area contributed by atoms with Crippen LogP contribution < -0.4 is 0 Å². The number of hydrogen-bond acceptors (Lipinski definition) is 1. The summed E-state index contributed by atoms with van der Waals surface area (Å²) in [6.45, 7) is 5.67. The van der Waals surface area contributed by atoms with Crippen LogP contribution in [0.15, 0.2) is 0 Å². The van der Waals surface area contributed by atoms with E-state index in [9.17, 15) is 0 Å². The molecule has 1 saturated heterocycles. The van der Waals surface area contributed by atoms with Gasteiger partial charge in [-0.2, -0.15) is 0 Å². The Morgan fingerprint density at radius 2 is 0.543 bits per heavy atom. The fourth-order valence-corrected chi connectivity index (χ4v) is 5.80. The van der Waals surface area contributed by atoms with E-state index >= 15 is 0 Å². The Morgan fingerprint density at radius 1 is 0.343 bits per heavy atom. The Bertz CT molecular complexity index is 399. The third-order valence-electron chi connectivity index (χ3n) is 8.52. The molecule has 210 valence electrons. The molecule has 0 aromatic heterocycles. The van der Waals surface area contributed by atoms with Crippen LogP contribution in [0, 0.1) is 0 Å². The molecule has 1 aliphatic heterocycles. The molecule has 35 heavy (non-hydrogen) atoms. The monoisotopic (exact) mass is 493 g/mol. The lowest BCUT2D eigenvalue weighted by Crippen LogP contribution is -2.10. The summed E-state index contributed by atoms with van der Waals surface area (Å²) in [5, 5.41) is 0. The number of unbranched alkanes of at least 4 members (excludes halogenated alkanes) is 26. The lowest BCUT2D eigenvalue weighted by atomic mass is 9.94. The molecule has 1 heterocycles. The topological polar surface area (TPSA) is 12.5 Å². The van der Waals surface area contributed by atoms with Gasteiger partial charge in [0.25, 0.3) is 0 Å². The lowest BCUT2D eigenvalue weighted by molar-refractivity contribution is 0.260. The van der Waals surface area contributed by atoms with Crippen LogP contribution in [0.25, 0.3) is 0 Å². The summed E-state index contributed by atoms with van der Waals surface area (Å²) in [4.78, 5) is 0. The van der Waals surface area contributed by atoms with Crippen LogP contribution in [0.5, 0.6) is 0 Å². The number of ether oxygens (including phenoxy) is 1. The highest BCUT2D eigenvalue weighted by Gasteiger charge is 2.42. The molecular formula is C34H68O. The first-order valence-electron chi connectivity index (χ1n) is 17.0. The maximum Gasteiger partial charge on any atom is 0.0916 e. The molecule has 1 heteroatoms. The van der Waals surface area contributed by atoms with Crippen molar-refractivity contribution >= 4 is 0 Å². The Morgan fingerprint density at radius 3 is 0.743 bits per heavy atom. The molecule has 0 bridgehead atoms. The second-order valence-corrected chi connectivity index (χ2v) is 12.2. The summed E-state index contributed by atoms with van der Waals surface area (Å²) in [6.07, 6.45) is 43.3. The van der Waals surface area contributed by atoms with Gasteiger partial charge in [-0.25, -0.2) is 0 Å². The van der Waals surface area contributed by atoms with E-state index in [1.165, 1.54) is 193 Å². The third kappa shape index (κ3) is 22.9. The lowest BCUT2D eigenvalue weighted by Gasteiger charge is -2.11. The van der Waals surface area contributed by atoms with E-state index < -0.39 is 0 Å². The summed E-state index contributed by atoms with van der Waals surface area (Å²) in [7, 11) is 0. The van der Waals surface area contributed by atoms with Gasteiger partial charge in [0.1, 0.15) is 0 Å². The smallest absolute Gasteiger partial charge is 0.0916 e. The van der Waals surface area contributed by atoms with Crippen molar-refractivity contribution in [2.45, 2.75) is 212 Å². The molecule has 1 atom stereocenters. The highest BCUT2D eigenvalue weighted by atomic mass is 16.6. The second-order valence-electron chi connectivity index (χ2n) is 12.2. The first-order chi connectivity index (χ1) is 17.3. The van der Waals surface area contributed by atoms with Crippen molar-refractivity contribution in [1.29, 1.82) is 0 Å². The van der Waals surface area contributed by atoms with Gasteiger partial charge in [0, 0.05) is 0 Å². The molecule has 0 aromatic carbocycles. The van der Waals surface area contributed by atoms with Gasteiger partial charge in [-0.15, -0.1) is 0 Å². The van der Waals surface area contributed by atoms with E-state index in [2.05, 4.69) is 13.8 Å². The van der Waals surface area contributed by atoms with Crippen LogP contribution in [0.1, 0.15) is 206 Å². The Balaban J connectivity index is 1.74. The number of rotatable bonds is 30. The summed E-state index contributed by atoms with van der Waals surface area (Å²) in [6, 6.07) is 0. The molecule has 0 aromatic rings. The first-order valence-corrected chi connectivity index (χ1v) is 17.0. The predicted molar refractivity (Wildman–Crippen MR) is 159 cm³/mol. The van der Waals surface area contributed by atoms with E-state index in [1.54, 1.807) is 0 Å². The molecule has 0 spiro atoms. The molecule has 1 fully saturated rings. The molecule has 0 saturated carbocycles. The summed E-state index contributed by atoms with van der Waals surface area (Å²) in [5.41, 5.74) is 0.328. The normalized spacial score (nSPS) is 17.3. The van der Waals surface area contributed by atoms with E-state index in [4.69, 9.17) is 4.74 Å². The minimum Gasteiger partial charge on any atom is -0.370 e. The SMILES string of the molecule is CCCCCCCCCCCCCCCCCC1(CCCCCCCCCCCCCCC)CO1. The highest BCUT2D eigenvalue weighted by Crippen LogP contribution is 2.38. The summed E-state index contributed by atoms with van der Waals surface area (Å²) >= 11 is 0. The van der Waals surface area contributed by atoms with Crippen molar-refractivity contribution in [3.8, 4) is 0 Å². The summed E-state index contributed by atoms with van der Waals surface area (Å²) in [5.74, 6) is 0. The highest BCUT2D eigenvalue weighted by molar-refractivity contribution is 4.91. The van der Waals surface area contributed by atoms with Gasteiger partial charge in [0.2, 0.25) is 0 Å². The zero-order valence-corrected chi connectivity index (χ0v) is 24.8. The van der Waals surface area contributed by atoms with Crippen LogP contribution >= 0.6 is 0 Å². The van der Waals surface area contributed by atoms with Crippen molar-refractivity contribution < 1.29 is 4.74 Å². The molecule has 0 aliphatic carbocycles. The Kier molecular flexibility index (Phi) is 24.1. The van der Waals surface area contributed by atoms with Crippen LogP contribution in [-0.2, 0) is 4.74 Å². The molecule has 1 aliphatic rings. The molecule has 1 nitrogen and oxygen atoms in total. The average molecular weight is 493 g/mol. The van der Waals surface area contributed by atoms with Crippen LogP contribution in [0.4, 0.5) is 0 Å². The van der Waals surface area contributed by atoms with E-state index in [0.717, 1.165) is 6.61 Å². The van der Waals surface area contributed by atoms with E-state index in [-0.39, 0.29) is 0 Å². The fraction of sp³-hybridized carbons (Fsp3) is 1.00. The van der Waals surface area contributed by atoms with Gasteiger partial charge in [0.05, 0.1) is 12.2 Å². The molecule has 1 rings (SSSR count). The second kappa shape index (κ2) is 25.6. The Hall–Kier alpha value is -0.0400. The number of epoxide rings is 1. The molecule has 0 radical (unpaired) electrons. The summed E-state index contributed by atoms with van der Waals surface area (Å²) < 4.78 is 5.92.